The molecule has 1 unspecified atom stereocenters. The van der Waals surface area contributed by atoms with Gasteiger partial charge < -0.3 is 5.73 Å². The summed E-state index contributed by atoms with van der Waals surface area (Å²) in [5, 5.41) is 1.13. The fourth-order valence-electron chi connectivity index (χ4n) is 1.94. The molecule has 2 nitrogen and oxygen atoms in total. The Morgan fingerprint density at radius 2 is 2.11 bits per heavy atom. The Morgan fingerprint density at radius 3 is 2.63 bits per heavy atom. The van der Waals surface area contributed by atoms with Gasteiger partial charge in [-0.25, -0.2) is 4.98 Å². The number of hydrogen-bond acceptors (Lipinski definition) is 2. The van der Waals surface area contributed by atoms with E-state index in [1.165, 1.54) is 0 Å². The number of pyridine rings is 1. The van der Waals surface area contributed by atoms with Crippen molar-refractivity contribution in [3.63, 3.8) is 0 Å². The van der Waals surface area contributed by atoms with Crippen LogP contribution in [0, 0.1) is 0 Å². The van der Waals surface area contributed by atoms with Gasteiger partial charge in [-0.15, -0.1) is 0 Å². The van der Waals surface area contributed by atoms with E-state index in [2.05, 4.69) is 11.9 Å². The van der Waals surface area contributed by atoms with Crippen molar-refractivity contribution in [1.29, 1.82) is 0 Å². The average molecular weight is 299 g/mol. The zero-order chi connectivity index (χ0) is 14.4. The predicted octanol–water partition coefficient (Wildman–Crippen LogP) is 4.87. The smallest absolute Gasteiger partial charge is 0.129 e. The van der Waals surface area contributed by atoms with Crippen LogP contribution in [0.4, 0.5) is 0 Å². The highest BCUT2D eigenvalue weighted by molar-refractivity contribution is 6.49. The summed E-state index contributed by atoms with van der Waals surface area (Å²) in [7, 11) is 0. The number of allylic oxidation sites excluding steroid dienone is 2. The van der Waals surface area contributed by atoms with Gasteiger partial charge in [-0.3, -0.25) is 0 Å². The van der Waals surface area contributed by atoms with Gasteiger partial charge in [0, 0.05) is 22.8 Å². The number of rotatable bonds is 5. The molecule has 0 amide bonds. The predicted molar refractivity (Wildman–Crippen MR) is 85.3 cm³/mol. The van der Waals surface area contributed by atoms with Crippen LogP contribution in [0.1, 0.15) is 44.7 Å². The van der Waals surface area contributed by atoms with Crippen LogP contribution >= 0.6 is 23.2 Å². The molecule has 2 N–H and O–H groups in total. The third kappa shape index (κ3) is 4.07. The number of halogens is 2. The molecule has 1 aromatic rings. The summed E-state index contributed by atoms with van der Waals surface area (Å²) >= 11 is 12.3. The van der Waals surface area contributed by atoms with Gasteiger partial charge >= 0.3 is 0 Å². The Balaban J connectivity index is 3.39. The molecule has 1 heterocycles. The van der Waals surface area contributed by atoms with Crippen LogP contribution < -0.4 is 5.73 Å². The fourth-order valence-corrected chi connectivity index (χ4v) is 2.40. The minimum atomic E-state index is -0.0340. The second-order valence-electron chi connectivity index (χ2n) is 4.27. The quantitative estimate of drug-likeness (QED) is 0.788. The zero-order valence-electron chi connectivity index (χ0n) is 11.6. The van der Waals surface area contributed by atoms with Crippen molar-refractivity contribution in [3.05, 3.63) is 40.7 Å². The second kappa shape index (κ2) is 7.68. The third-order valence-corrected chi connectivity index (χ3v) is 3.54. The molecule has 0 radical (unpaired) electrons. The summed E-state index contributed by atoms with van der Waals surface area (Å²) in [6.45, 7) is 6.07. The summed E-state index contributed by atoms with van der Waals surface area (Å²) < 4.78 is 0. The molecule has 0 saturated carbocycles. The summed E-state index contributed by atoms with van der Waals surface area (Å²) in [6.07, 6.45) is 7.40. The van der Waals surface area contributed by atoms with Gasteiger partial charge in [-0.1, -0.05) is 49.2 Å². The molecule has 0 saturated heterocycles. The third-order valence-electron chi connectivity index (χ3n) is 2.97. The number of hydrogen-bond donors (Lipinski definition) is 1. The van der Waals surface area contributed by atoms with Crippen molar-refractivity contribution < 1.29 is 0 Å². The monoisotopic (exact) mass is 298 g/mol. The molecular formula is C15H20Cl2N2. The van der Waals surface area contributed by atoms with Gasteiger partial charge in [0.05, 0.1) is 0 Å². The maximum Gasteiger partial charge on any atom is 0.129 e. The fraction of sp³-hybridized carbons (Fsp3) is 0.400. The van der Waals surface area contributed by atoms with E-state index < -0.39 is 0 Å². The summed E-state index contributed by atoms with van der Waals surface area (Å²) in [6, 6.07) is 1.79. The molecule has 1 rings (SSSR count). The molecular weight excluding hydrogens is 279 g/mol. The first kappa shape index (κ1) is 16.2. The van der Waals surface area contributed by atoms with Crippen LogP contribution in [-0.2, 0) is 0 Å². The van der Waals surface area contributed by atoms with E-state index in [1.54, 1.807) is 6.20 Å². The lowest BCUT2D eigenvalue weighted by Gasteiger charge is -2.17. The molecule has 0 aliphatic rings. The van der Waals surface area contributed by atoms with E-state index >= 15 is 0 Å². The van der Waals surface area contributed by atoms with Crippen molar-refractivity contribution in [2.75, 3.05) is 0 Å². The number of nitrogens with zero attached hydrogens (tertiary/aromatic N) is 1. The van der Waals surface area contributed by atoms with Gasteiger partial charge in [-0.2, -0.15) is 0 Å². The Kier molecular flexibility index (Phi) is 6.56. The van der Waals surface area contributed by atoms with Gasteiger partial charge in [0.15, 0.2) is 0 Å². The normalized spacial score (nSPS) is 14.6. The van der Waals surface area contributed by atoms with Crippen molar-refractivity contribution in [1.82, 2.24) is 4.98 Å². The van der Waals surface area contributed by atoms with Crippen molar-refractivity contribution in [2.45, 2.75) is 39.7 Å². The van der Waals surface area contributed by atoms with E-state index in [9.17, 15) is 0 Å². The first-order valence-corrected chi connectivity index (χ1v) is 7.24. The van der Waals surface area contributed by atoms with E-state index in [1.807, 2.05) is 32.1 Å². The highest BCUT2D eigenvalue weighted by Crippen LogP contribution is 2.31. The molecule has 104 valence electrons. The van der Waals surface area contributed by atoms with Crippen LogP contribution in [-0.4, -0.2) is 11.0 Å². The molecule has 0 spiro atoms. The first-order chi connectivity index (χ1) is 9.04. The second-order valence-corrected chi connectivity index (χ2v) is 5.07. The molecule has 0 aromatic carbocycles. The standard InChI is InChI=1S/C15H20Cl2N2/c1-4-7-13(16)12-9-19-15(17)8-11(12)10(5-2)14(18)6-3/h5,7-9,14H,4,6,18H2,1-3H3/b10-5+,13-7-. The molecule has 4 heteroatoms. The molecule has 1 atom stereocenters. The SMILES string of the molecule is C/C=C(\c1cc(Cl)ncc1/C(Cl)=C/CC)C(N)CC. The summed E-state index contributed by atoms with van der Waals surface area (Å²) in [4.78, 5) is 4.12. The molecule has 19 heavy (non-hydrogen) atoms. The maximum atomic E-state index is 6.32. The lowest BCUT2D eigenvalue weighted by atomic mass is 9.94. The topological polar surface area (TPSA) is 38.9 Å². The largest absolute Gasteiger partial charge is 0.324 e. The van der Waals surface area contributed by atoms with Crippen LogP contribution in [0.3, 0.4) is 0 Å². The van der Waals surface area contributed by atoms with E-state index in [-0.39, 0.29) is 6.04 Å². The van der Waals surface area contributed by atoms with Crippen LogP contribution in [0.25, 0.3) is 10.6 Å². The maximum absolute atomic E-state index is 6.32. The molecule has 1 aromatic heterocycles. The number of nitrogens with two attached hydrogens (primary N) is 1. The first-order valence-electron chi connectivity index (χ1n) is 6.48. The van der Waals surface area contributed by atoms with Crippen molar-refractivity contribution in [2.24, 2.45) is 5.73 Å². The summed E-state index contributed by atoms with van der Waals surface area (Å²) in [5.41, 5.74) is 9.05. The molecule has 0 bridgehead atoms. The average Bonchev–Trinajstić information content (AvgIpc) is 2.39. The molecule has 0 fully saturated rings. The Labute approximate surface area is 125 Å². The zero-order valence-corrected chi connectivity index (χ0v) is 13.1. The van der Waals surface area contributed by atoms with Gasteiger partial charge in [0.1, 0.15) is 5.15 Å². The molecule has 0 aliphatic heterocycles. The Hall–Kier alpha value is -0.830. The summed E-state index contributed by atoms with van der Waals surface area (Å²) in [5.74, 6) is 0. The Bertz CT molecular complexity index is 493. The van der Waals surface area contributed by atoms with Crippen molar-refractivity contribution >= 4 is 33.8 Å². The van der Waals surface area contributed by atoms with E-state index in [4.69, 9.17) is 28.9 Å². The number of aromatic nitrogens is 1. The van der Waals surface area contributed by atoms with Crippen molar-refractivity contribution in [3.8, 4) is 0 Å². The van der Waals surface area contributed by atoms with E-state index in [0.717, 1.165) is 29.5 Å². The highest BCUT2D eigenvalue weighted by Gasteiger charge is 2.15. The van der Waals surface area contributed by atoms with E-state index in [0.29, 0.717) is 10.2 Å². The van der Waals surface area contributed by atoms with Gasteiger partial charge in [0.25, 0.3) is 0 Å². The van der Waals surface area contributed by atoms with Crippen LogP contribution in [0.5, 0.6) is 0 Å². The molecule has 0 aliphatic carbocycles. The van der Waals surface area contributed by atoms with Crippen LogP contribution in [0.15, 0.2) is 24.4 Å². The van der Waals surface area contributed by atoms with Gasteiger partial charge in [0.2, 0.25) is 0 Å². The minimum Gasteiger partial charge on any atom is -0.324 e. The lowest BCUT2D eigenvalue weighted by Crippen LogP contribution is -2.21. The lowest BCUT2D eigenvalue weighted by molar-refractivity contribution is 0.798. The van der Waals surface area contributed by atoms with Gasteiger partial charge in [-0.05, 0) is 37.0 Å². The highest BCUT2D eigenvalue weighted by atomic mass is 35.5. The minimum absolute atomic E-state index is 0.0340. The Morgan fingerprint density at radius 1 is 1.42 bits per heavy atom. The van der Waals surface area contributed by atoms with Crippen LogP contribution in [0.2, 0.25) is 5.15 Å².